The molecule has 122 valence electrons. The molecule has 3 heterocycles. The first-order chi connectivity index (χ1) is 11.5. The van der Waals surface area contributed by atoms with E-state index < -0.39 is 5.56 Å². The van der Waals surface area contributed by atoms with Gasteiger partial charge >= 0.3 is 5.69 Å². The molecule has 0 unspecified atom stereocenters. The number of hydrogen-bond acceptors (Lipinski definition) is 5. The van der Waals surface area contributed by atoms with Crippen molar-refractivity contribution >= 4 is 48.6 Å². The van der Waals surface area contributed by atoms with Gasteiger partial charge in [-0.25, -0.2) is 14.8 Å². The van der Waals surface area contributed by atoms with Crippen LogP contribution < -0.4 is 11.2 Å². The summed E-state index contributed by atoms with van der Waals surface area (Å²) in [5.41, 5.74) is 0.881. The Bertz CT molecular complexity index is 1180. The monoisotopic (exact) mass is 405 g/mol. The van der Waals surface area contributed by atoms with Gasteiger partial charge in [0.05, 0.1) is 16.8 Å². The third-order valence-electron chi connectivity index (χ3n) is 3.92. The van der Waals surface area contributed by atoms with Crippen LogP contribution in [0.5, 0.6) is 0 Å². The van der Waals surface area contributed by atoms with Gasteiger partial charge in [-0.05, 0) is 28.1 Å². The molecule has 0 saturated carbocycles. The molecule has 0 atom stereocenters. The Morgan fingerprint density at radius 2 is 1.88 bits per heavy atom. The van der Waals surface area contributed by atoms with Crippen molar-refractivity contribution in [3.8, 4) is 0 Å². The van der Waals surface area contributed by atoms with Crippen LogP contribution in [0, 0.1) is 0 Å². The zero-order valence-corrected chi connectivity index (χ0v) is 15.3. The molecule has 1 aromatic carbocycles. The van der Waals surface area contributed by atoms with Crippen molar-refractivity contribution in [2.45, 2.75) is 6.54 Å². The maximum Gasteiger partial charge on any atom is 0.332 e. The van der Waals surface area contributed by atoms with E-state index in [1.54, 1.807) is 23.0 Å². The molecule has 0 aliphatic heterocycles. The average Bonchev–Trinajstić information content (AvgIpc) is 3.12. The summed E-state index contributed by atoms with van der Waals surface area (Å²) in [4.78, 5) is 33.4. The lowest BCUT2D eigenvalue weighted by molar-refractivity contribution is 0.684. The van der Waals surface area contributed by atoms with Crippen molar-refractivity contribution in [1.82, 2.24) is 23.7 Å². The van der Waals surface area contributed by atoms with Gasteiger partial charge in [0.2, 0.25) is 0 Å². The number of para-hydroxylation sites is 1. The van der Waals surface area contributed by atoms with Crippen molar-refractivity contribution in [2.24, 2.45) is 14.1 Å². The molecule has 0 bridgehead atoms. The Morgan fingerprint density at radius 3 is 2.62 bits per heavy atom. The Balaban J connectivity index is 1.95. The Labute approximate surface area is 147 Å². The first-order valence-corrected chi connectivity index (χ1v) is 8.74. The van der Waals surface area contributed by atoms with Gasteiger partial charge in [0.15, 0.2) is 15.9 Å². The standard InChI is InChI=1S/C15H12BrN5O2S/c1-19-12-11(13(22)20(2)15(19)23)18-14(16)21(12)7-10-17-8-5-3-4-6-9(8)24-10/h3-6H,7H2,1-2H3. The van der Waals surface area contributed by atoms with E-state index in [1.165, 1.54) is 11.6 Å². The van der Waals surface area contributed by atoms with Crippen LogP contribution in [-0.4, -0.2) is 23.7 Å². The summed E-state index contributed by atoms with van der Waals surface area (Å²) in [7, 11) is 3.08. The first kappa shape index (κ1) is 15.3. The number of fused-ring (bicyclic) bond motifs is 2. The summed E-state index contributed by atoms with van der Waals surface area (Å²) < 4.78 is 5.87. The molecule has 4 aromatic rings. The van der Waals surface area contributed by atoms with E-state index in [4.69, 9.17) is 0 Å². The fourth-order valence-electron chi connectivity index (χ4n) is 2.73. The number of halogens is 1. The molecule has 0 radical (unpaired) electrons. The van der Waals surface area contributed by atoms with Crippen LogP contribution in [0.3, 0.4) is 0 Å². The highest BCUT2D eigenvalue weighted by atomic mass is 79.9. The van der Waals surface area contributed by atoms with Gasteiger partial charge in [0.1, 0.15) is 5.01 Å². The predicted octanol–water partition coefficient (Wildman–Crippen LogP) is 1.85. The second-order valence-electron chi connectivity index (χ2n) is 5.42. The van der Waals surface area contributed by atoms with Crippen molar-refractivity contribution in [1.29, 1.82) is 0 Å². The summed E-state index contributed by atoms with van der Waals surface area (Å²) in [6, 6.07) is 7.90. The third-order valence-corrected chi connectivity index (χ3v) is 5.55. The van der Waals surface area contributed by atoms with E-state index in [-0.39, 0.29) is 11.2 Å². The second kappa shape index (κ2) is 5.38. The molecule has 0 saturated heterocycles. The zero-order chi connectivity index (χ0) is 17.0. The number of imidazole rings is 1. The van der Waals surface area contributed by atoms with E-state index in [0.717, 1.165) is 19.8 Å². The maximum absolute atomic E-state index is 12.3. The van der Waals surface area contributed by atoms with Crippen LogP contribution in [0.2, 0.25) is 0 Å². The van der Waals surface area contributed by atoms with Gasteiger partial charge in [-0.3, -0.25) is 18.5 Å². The highest BCUT2D eigenvalue weighted by molar-refractivity contribution is 9.10. The Kier molecular flexibility index (Phi) is 3.43. The van der Waals surface area contributed by atoms with Gasteiger partial charge in [-0.1, -0.05) is 12.1 Å². The summed E-state index contributed by atoms with van der Waals surface area (Å²) in [6.45, 7) is 0.427. The van der Waals surface area contributed by atoms with E-state index in [2.05, 4.69) is 25.9 Å². The lowest BCUT2D eigenvalue weighted by atomic mass is 10.3. The zero-order valence-electron chi connectivity index (χ0n) is 12.9. The Hall–Kier alpha value is -2.26. The predicted molar refractivity (Wildman–Crippen MR) is 96.6 cm³/mol. The van der Waals surface area contributed by atoms with Gasteiger partial charge in [-0.2, -0.15) is 0 Å². The molecule has 4 rings (SSSR count). The smallest absolute Gasteiger partial charge is 0.297 e. The number of nitrogens with zero attached hydrogens (tertiary/aromatic N) is 5. The molecule has 3 aromatic heterocycles. The summed E-state index contributed by atoms with van der Waals surface area (Å²) in [5.74, 6) is 0. The average molecular weight is 406 g/mol. The summed E-state index contributed by atoms with van der Waals surface area (Å²) >= 11 is 4.97. The third kappa shape index (κ3) is 2.15. The minimum absolute atomic E-state index is 0.257. The number of benzene rings is 1. The van der Waals surface area contributed by atoms with Gasteiger partial charge in [-0.15, -0.1) is 11.3 Å². The van der Waals surface area contributed by atoms with Gasteiger partial charge in [0.25, 0.3) is 5.56 Å². The normalized spacial score (nSPS) is 11.6. The number of aromatic nitrogens is 5. The van der Waals surface area contributed by atoms with Crippen molar-refractivity contribution in [3.63, 3.8) is 0 Å². The molecule has 7 nitrogen and oxygen atoms in total. The number of aryl methyl sites for hydroxylation is 1. The fourth-order valence-corrected chi connectivity index (χ4v) is 4.15. The minimum atomic E-state index is -0.406. The molecular formula is C15H12BrN5O2S. The van der Waals surface area contributed by atoms with Gasteiger partial charge in [0, 0.05) is 14.1 Å². The van der Waals surface area contributed by atoms with Crippen LogP contribution >= 0.6 is 27.3 Å². The highest BCUT2D eigenvalue weighted by Crippen LogP contribution is 2.25. The summed E-state index contributed by atoms with van der Waals surface area (Å²) in [6.07, 6.45) is 0. The second-order valence-corrected chi connectivity index (χ2v) is 7.24. The molecule has 0 aliphatic carbocycles. The van der Waals surface area contributed by atoms with Crippen molar-refractivity contribution in [3.05, 3.63) is 54.8 Å². The molecule has 0 amide bonds. The van der Waals surface area contributed by atoms with Crippen molar-refractivity contribution < 1.29 is 0 Å². The summed E-state index contributed by atoms with van der Waals surface area (Å²) in [5, 5.41) is 0.879. The van der Waals surface area contributed by atoms with E-state index in [0.29, 0.717) is 16.9 Å². The lowest BCUT2D eigenvalue weighted by Gasteiger charge is -2.08. The molecule has 0 spiro atoms. The van der Waals surface area contributed by atoms with E-state index in [9.17, 15) is 9.59 Å². The van der Waals surface area contributed by atoms with Crippen molar-refractivity contribution in [2.75, 3.05) is 0 Å². The molecule has 9 heteroatoms. The number of hydrogen-bond donors (Lipinski definition) is 0. The van der Waals surface area contributed by atoms with Gasteiger partial charge < -0.3 is 0 Å². The Morgan fingerprint density at radius 1 is 1.12 bits per heavy atom. The minimum Gasteiger partial charge on any atom is -0.297 e. The largest absolute Gasteiger partial charge is 0.332 e. The molecule has 0 aliphatic rings. The SMILES string of the molecule is Cn1c(=O)c2nc(Br)n(Cc3nc4ccccc4s3)c2n(C)c1=O. The molecular weight excluding hydrogens is 394 g/mol. The van der Waals surface area contributed by atoms with E-state index >= 15 is 0 Å². The van der Waals surface area contributed by atoms with Crippen LogP contribution in [0.4, 0.5) is 0 Å². The topological polar surface area (TPSA) is 74.7 Å². The number of thiazole rings is 1. The molecule has 0 fully saturated rings. The first-order valence-electron chi connectivity index (χ1n) is 7.13. The number of rotatable bonds is 2. The van der Waals surface area contributed by atoms with E-state index in [1.807, 2.05) is 24.3 Å². The molecule has 24 heavy (non-hydrogen) atoms. The maximum atomic E-state index is 12.3. The quantitative estimate of drug-likeness (QED) is 0.477. The highest BCUT2D eigenvalue weighted by Gasteiger charge is 2.18. The molecule has 0 N–H and O–H groups in total. The fraction of sp³-hybridized carbons (Fsp3) is 0.200. The van der Waals surface area contributed by atoms with Crippen LogP contribution in [0.1, 0.15) is 5.01 Å². The lowest BCUT2D eigenvalue weighted by Crippen LogP contribution is -2.37. The van der Waals surface area contributed by atoms with Crippen LogP contribution in [-0.2, 0) is 20.6 Å². The van der Waals surface area contributed by atoms with Crippen LogP contribution in [0.25, 0.3) is 21.4 Å². The van der Waals surface area contributed by atoms with Crippen LogP contribution in [0.15, 0.2) is 38.6 Å².